The van der Waals surface area contributed by atoms with E-state index in [1.165, 1.54) is 11.8 Å². The Bertz CT molecular complexity index is 1070. The van der Waals surface area contributed by atoms with E-state index < -0.39 is 0 Å². The number of nitrogens with zero attached hydrogens (tertiary/aromatic N) is 3. The molecule has 2 aromatic carbocycles. The molecule has 2 heterocycles. The number of carbonyl (C=O) groups is 1. The molecule has 4 N–H and O–H groups in total. The van der Waals surface area contributed by atoms with E-state index >= 15 is 0 Å². The van der Waals surface area contributed by atoms with Gasteiger partial charge in [0, 0.05) is 17.4 Å². The van der Waals surface area contributed by atoms with Gasteiger partial charge in [0.05, 0.1) is 11.0 Å². The minimum Gasteiger partial charge on any atom is -0.486 e. The van der Waals surface area contributed by atoms with Crippen LogP contribution in [0.3, 0.4) is 0 Å². The monoisotopic (exact) mass is 438 g/mol. The number of nitrogens with one attached hydrogen (secondary N) is 2. The van der Waals surface area contributed by atoms with Crippen molar-refractivity contribution in [1.29, 1.82) is 0 Å². The Morgan fingerprint density at radius 3 is 2.65 bits per heavy atom. The summed E-state index contributed by atoms with van der Waals surface area (Å²) in [6, 6.07) is 14.9. The topological polar surface area (TPSA) is 124 Å². The summed E-state index contributed by atoms with van der Waals surface area (Å²) < 4.78 is 11.0. The van der Waals surface area contributed by atoms with Crippen molar-refractivity contribution in [3.63, 3.8) is 0 Å². The molecule has 0 saturated heterocycles. The second-order valence-corrected chi connectivity index (χ2v) is 8.06. The van der Waals surface area contributed by atoms with Crippen molar-refractivity contribution in [1.82, 2.24) is 15.0 Å². The van der Waals surface area contributed by atoms with Crippen LogP contribution in [0, 0.1) is 0 Å². The Kier molecular flexibility index (Phi) is 6.37. The van der Waals surface area contributed by atoms with Gasteiger partial charge in [0.1, 0.15) is 19.0 Å². The molecule has 1 amide bonds. The minimum absolute atomic E-state index is 0.122. The van der Waals surface area contributed by atoms with Gasteiger partial charge in [-0.1, -0.05) is 18.2 Å². The molecule has 31 heavy (non-hydrogen) atoms. The van der Waals surface area contributed by atoms with Gasteiger partial charge in [-0.05, 0) is 31.2 Å². The van der Waals surface area contributed by atoms with Crippen LogP contribution in [0.5, 0.6) is 11.5 Å². The van der Waals surface area contributed by atoms with E-state index in [0.717, 1.165) is 5.69 Å². The molecule has 3 aromatic rings. The van der Waals surface area contributed by atoms with Crippen LogP contribution in [0.2, 0.25) is 0 Å². The van der Waals surface area contributed by atoms with Crippen molar-refractivity contribution >= 4 is 40.9 Å². The fourth-order valence-corrected chi connectivity index (χ4v) is 3.62. The standard InChI is InChI=1S/C21H22N6O3S/c1-13(19-25-20(22)27-21(26-19)24-14-5-3-2-4-6-14)31-12-18(28)23-15-7-8-16-17(11-15)30-10-9-29-16/h2-8,11,13H,9-10,12H2,1H3,(H,23,28)(H3,22,24,25,26,27). The van der Waals surface area contributed by atoms with E-state index in [0.29, 0.717) is 42.2 Å². The summed E-state index contributed by atoms with van der Waals surface area (Å²) in [6.07, 6.45) is 0. The molecule has 1 aliphatic rings. The highest BCUT2D eigenvalue weighted by Gasteiger charge is 2.16. The lowest BCUT2D eigenvalue weighted by atomic mass is 10.2. The van der Waals surface area contributed by atoms with Crippen LogP contribution < -0.4 is 25.8 Å². The zero-order valence-corrected chi connectivity index (χ0v) is 17.7. The molecule has 4 rings (SSSR count). The molecule has 9 nitrogen and oxygen atoms in total. The Morgan fingerprint density at radius 1 is 1.06 bits per heavy atom. The van der Waals surface area contributed by atoms with Gasteiger partial charge in [-0.2, -0.15) is 15.0 Å². The van der Waals surface area contributed by atoms with Gasteiger partial charge in [-0.25, -0.2) is 0 Å². The molecular formula is C21H22N6O3S. The summed E-state index contributed by atoms with van der Waals surface area (Å²) in [5.41, 5.74) is 7.35. The number of amides is 1. The van der Waals surface area contributed by atoms with Gasteiger partial charge in [0.25, 0.3) is 0 Å². The Balaban J connectivity index is 1.35. The van der Waals surface area contributed by atoms with Gasteiger partial charge in [-0.15, -0.1) is 11.8 Å². The Labute approximate surface area is 183 Å². The summed E-state index contributed by atoms with van der Waals surface area (Å²) in [4.78, 5) is 25.2. The molecule has 160 valence electrons. The molecule has 0 aliphatic carbocycles. The fourth-order valence-electron chi connectivity index (χ4n) is 2.89. The number of benzene rings is 2. The number of thioether (sulfide) groups is 1. The molecule has 1 aromatic heterocycles. The number of aromatic nitrogens is 3. The molecule has 0 radical (unpaired) electrons. The molecule has 0 saturated carbocycles. The number of hydrogen-bond donors (Lipinski definition) is 3. The van der Waals surface area contributed by atoms with E-state index in [-0.39, 0.29) is 22.9 Å². The first-order valence-electron chi connectivity index (χ1n) is 9.71. The maximum absolute atomic E-state index is 12.4. The van der Waals surface area contributed by atoms with Crippen molar-refractivity contribution in [3.8, 4) is 11.5 Å². The first kappa shape index (κ1) is 20.7. The SMILES string of the molecule is CC(SCC(=O)Nc1ccc2c(c1)OCCO2)c1nc(N)nc(Nc2ccccc2)n1. The summed E-state index contributed by atoms with van der Waals surface area (Å²) in [6.45, 7) is 2.94. The highest BCUT2D eigenvalue weighted by atomic mass is 32.2. The first-order valence-corrected chi connectivity index (χ1v) is 10.8. The Hall–Kier alpha value is -3.53. The Morgan fingerprint density at radius 2 is 1.84 bits per heavy atom. The number of nitrogens with two attached hydrogens (primary N) is 1. The maximum Gasteiger partial charge on any atom is 0.234 e. The van der Waals surface area contributed by atoms with Gasteiger partial charge in [0.15, 0.2) is 11.5 Å². The van der Waals surface area contributed by atoms with Crippen molar-refractivity contribution in [3.05, 3.63) is 54.4 Å². The third kappa shape index (κ3) is 5.54. The van der Waals surface area contributed by atoms with Crippen LogP contribution in [0.4, 0.5) is 23.3 Å². The lowest BCUT2D eigenvalue weighted by molar-refractivity contribution is -0.113. The van der Waals surface area contributed by atoms with E-state index in [1.54, 1.807) is 18.2 Å². The maximum atomic E-state index is 12.4. The normalized spacial score (nSPS) is 13.3. The van der Waals surface area contributed by atoms with Crippen LogP contribution >= 0.6 is 11.8 Å². The molecule has 0 bridgehead atoms. The van der Waals surface area contributed by atoms with Gasteiger partial charge in [-0.3, -0.25) is 4.79 Å². The van der Waals surface area contributed by atoms with Crippen molar-refractivity contribution in [2.75, 3.05) is 35.3 Å². The number of para-hydroxylation sites is 1. The van der Waals surface area contributed by atoms with Crippen LogP contribution in [-0.4, -0.2) is 39.8 Å². The zero-order chi connectivity index (χ0) is 21.6. The smallest absolute Gasteiger partial charge is 0.234 e. The predicted octanol–water partition coefficient (Wildman–Crippen LogP) is 3.40. The second kappa shape index (κ2) is 9.52. The molecule has 1 aliphatic heterocycles. The lowest BCUT2D eigenvalue weighted by Crippen LogP contribution is -2.17. The quantitative estimate of drug-likeness (QED) is 0.509. The lowest BCUT2D eigenvalue weighted by Gasteiger charge is -2.19. The number of fused-ring (bicyclic) bond motifs is 1. The van der Waals surface area contributed by atoms with Gasteiger partial charge >= 0.3 is 0 Å². The van der Waals surface area contributed by atoms with Crippen molar-refractivity contribution in [2.45, 2.75) is 12.2 Å². The average Bonchev–Trinajstić information content (AvgIpc) is 2.77. The molecule has 0 spiro atoms. The second-order valence-electron chi connectivity index (χ2n) is 6.73. The summed E-state index contributed by atoms with van der Waals surface area (Å²) in [5.74, 6) is 2.38. The zero-order valence-electron chi connectivity index (χ0n) is 16.9. The summed E-state index contributed by atoms with van der Waals surface area (Å²) in [7, 11) is 0. The molecule has 1 unspecified atom stereocenters. The first-order chi connectivity index (χ1) is 15.1. The third-order valence-corrected chi connectivity index (χ3v) is 5.49. The van der Waals surface area contributed by atoms with E-state index in [2.05, 4.69) is 25.6 Å². The molecule has 1 atom stereocenters. The summed E-state index contributed by atoms with van der Waals surface area (Å²) in [5, 5.41) is 5.82. The van der Waals surface area contributed by atoms with Crippen LogP contribution in [0.25, 0.3) is 0 Å². The molecule has 10 heteroatoms. The minimum atomic E-state index is -0.160. The van der Waals surface area contributed by atoms with E-state index in [1.807, 2.05) is 37.3 Å². The molecule has 0 fully saturated rings. The van der Waals surface area contributed by atoms with Crippen molar-refractivity contribution < 1.29 is 14.3 Å². The number of nitrogen functional groups attached to an aromatic ring is 1. The fraction of sp³-hybridized carbons (Fsp3) is 0.238. The van der Waals surface area contributed by atoms with Gasteiger partial charge < -0.3 is 25.8 Å². The van der Waals surface area contributed by atoms with Gasteiger partial charge in [0.2, 0.25) is 17.8 Å². The number of anilines is 4. The number of rotatable bonds is 7. The number of ether oxygens (including phenoxy) is 2. The summed E-state index contributed by atoms with van der Waals surface area (Å²) >= 11 is 1.41. The average molecular weight is 439 g/mol. The predicted molar refractivity (Wildman–Crippen MR) is 121 cm³/mol. The van der Waals surface area contributed by atoms with E-state index in [9.17, 15) is 4.79 Å². The largest absolute Gasteiger partial charge is 0.486 e. The number of carbonyl (C=O) groups excluding carboxylic acids is 1. The van der Waals surface area contributed by atoms with E-state index in [4.69, 9.17) is 15.2 Å². The van der Waals surface area contributed by atoms with Crippen LogP contribution in [0.1, 0.15) is 18.0 Å². The highest BCUT2D eigenvalue weighted by Crippen LogP contribution is 2.33. The third-order valence-electron chi connectivity index (χ3n) is 4.35. The molecular weight excluding hydrogens is 416 g/mol. The highest BCUT2D eigenvalue weighted by molar-refractivity contribution is 8.00. The van der Waals surface area contributed by atoms with Crippen molar-refractivity contribution in [2.24, 2.45) is 0 Å². The van der Waals surface area contributed by atoms with Crippen LogP contribution in [-0.2, 0) is 4.79 Å². The number of hydrogen-bond acceptors (Lipinski definition) is 9. The van der Waals surface area contributed by atoms with Crippen LogP contribution in [0.15, 0.2) is 48.5 Å².